The highest BCUT2D eigenvalue weighted by Crippen LogP contribution is 2.36. The molecule has 0 spiro atoms. The minimum atomic E-state index is -0.404. The number of rotatable bonds is 79. The highest BCUT2D eigenvalue weighted by molar-refractivity contribution is 5.87. The van der Waals surface area contributed by atoms with Crippen LogP contribution in [-0.2, 0) is 47.7 Å². The van der Waals surface area contributed by atoms with Gasteiger partial charge in [0.1, 0.15) is 0 Å². The number of amides is 2. The summed E-state index contributed by atoms with van der Waals surface area (Å²) >= 11 is 0. The van der Waals surface area contributed by atoms with Crippen molar-refractivity contribution in [1.29, 1.82) is 0 Å². The molecular weight excluding hydrogens is 1240 g/mol. The standard InChI is InChI=1S/C88H164N2O10/c1-9-13-17-21-33-45-59-79(81(61-47-35-23-19-15-11-3)65-51-39-27-31-43-55-69-85(93)97-73-57-75-99-87(95)77(5)6)63-49-37-25-29-41-53-67-83(91)89-71-72-90-84(92)68-54-42-30-26-38-50-64-80(60-46-34-22-18-14-10-2)82(62-48-36-24-20-16-12-4)66-52-40-28-32-44-56-70-86(94)98-74-58-76-100-88(96)78(7)8/h79-82H,5,7,9-76H2,1-4,6,8H3,(H,89,91)(H,90,92). The fraction of sp³-hybridized carbons (Fsp3) is 0.886. The Balaban J connectivity index is 4.80. The van der Waals surface area contributed by atoms with Gasteiger partial charge in [-0.2, -0.15) is 0 Å². The molecule has 100 heavy (non-hydrogen) atoms. The van der Waals surface area contributed by atoms with Gasteiger partial charge in [0.25, 0.3) is 0 Å². The van der Waals surface area contributed by atoms with Gasteiger partial charge in [-0.3, -0.25) is 19.2 Å². The normalized spacial score (nSPS) is 12.6. The van der Waals surface area contributed by atoms with Gasteiger partial charge < -0.3 is 29.6 Å². The minimum Gasteiger partial charge on any atom is -0.466 e. The molecule has 0 heterocycles. The Labute approximate surface area is 618 Å². The zero-order valence-electron chi connectivity index (χ0n) is 66.9. The zero-order valence-corrected chi connectivity index (χ0v) is 66.9. The van der Waals surface area contributed by atoms with Gasteiger partial charge in [-0.05, 0) is 63.2 Å². The first-order valence-corrected chi connectivity index (χ1v) is 43.3. The molecule has 0 saturated heterocycles. The molecule has 586 valence electrons. The molecule has 4 unspecified atom stereocenters. The lowest BCUT2D eigenvalue weighted by Gasteiger charge is -2.28. The number of nitrogens with one attached hydrogen (secondary N) is 2. The summed E-state index contributed by atoms with van der Waals surface area (Å²) in [7, 11) is 0. The second-order valence-corrected chi connectivity index (χ2v) is 30.6. The molecule has 0 bridgehead atoms. The number of carbonyl (C=O) groups excluding carboxylic acids is 6. The van der Waals surface area contributed by atoms with Crippen LogP contribution in [0.2, 0.25) is 0 Å². The smallest absolute Gasteiger partial charge is 0.333 e. The summed E-state index contributed by atoms with van der Waals surface area (Å²) < 4.78 is 20.9. The fourth-order valence-corrected chi connectivity index (χ4v) is 14.6. The van der Waals surface area contributed by atoms with Crippen molar-refractivity contribution in [1.82, 2.24) is 10.6 Å². The van der Waals surface area contributed by atoms with E-state index in [9.17, 15) is 28.8 Å². The number of ether oxygens (including phenoxy) is 4. The molecule has 0 aromatic rings. The third kappa shape index (κ3) is 66.3. The number of unbranched alkanes of at least 4 members (excludes halogenated alkanes) is 40. The topological polar surface area (TPSA) is 163 Å². The Morgan fingerprint density at radius 1 is 0.250 bits per heavy atom. The van der Waals surface area contributed by atoms with Gasteiger partial charge in [0.05, 0.1) is 26.4 Å². The van der Waals surface area contributed by atoms with Crippen LogP contribution in [0.25, 0.3) is 0 Å². The molecule has 0 aliphatic heterocycles. The van der Waals surface area contributed by atoms with Crippen molar-refractivity contribution >= 4 is 35.7 Å². The Morgan fingerprint density at radius 3 is 0.660 bits per heavy atom. The summed E-state index contributed by atoms with van der Waals surface area (Å²) in [4.78, 5) is 73.0. The lowest BCUT2D eigenvalue weighted by molar-refractivity contribution is -0.146. The molecule has 0 aromatic heterocycles. The van der Waals surface area contributed by atoms with Crippen molar-refractivity contribution in [2.45, 2.75) is 440 Å². The lowest BCUT2D eigenvalue weighted by Crippen LogP contribution is -2.34. The van der Waals surface area contributed by atoms with Crippen molar-refractivity contribution in [3.8, 4) is 0 Å². The number of esters is 4. The van der Waals surface area contributed by atoms with Gasteiger partial charge in [0.15, 0.2) is 0 Å². The summed E-state index contributed by atoms with van der Waals surface area (Å²) in [6, 6.07) is 0. The first kappa shape index (κ1) is 96.3. The van der Waals surface area contributed by atoms with E-state index >= 15 is 0 Å². The van der Waals surface area contributed by atoms with Gasteiger partial charge in [0.2, 0.25) is 11.8 Å². The second kappa shape index (κ2) is 75.0. The first-order valence-electron chi connectivity index (χ1n) is 43.3. The van der Waals surface area contributed by atoms with Crippen LogP contribution in [0.5, 0.6) is 0 Å². The molecule has 0 radical (unpaired) electrons. The van der Waals surface area contributed by atoms with E-state index in [-0.39, 0.29) is 50.2 Å². The Morgan fingerprint density at radius 2 is 0.440 bits per heavy atom. The molecule has 0 saturated carbocycles. The molecule has 0 aliphatic carbocycles. The molecule has 2 N–H and O–H groups in total. The monoisotopic (exact) mass is 1410 g/mol. The maximum absolute atomic E-state index is 12.8. The van der Waals surface area contributed by atoms with Crippen LogP contribution in [-0.4, -0.2) is 75.2 Å². The number of hydrogen-bond acceptors (Lipinski definition) is 10. The highest BCUT2D eigenvalue weighted by Gasteiger charge is 2.23. The maximum atomic E-state index is 12.8. The molecule has 0 rings (SSSR count). The van der Waals surface area contributed by atoms with E-state index in [0.29, 0.717) is 62.8 Å². The predicted molar refractivity (Wildman–Crippen MR) is 422 cm³/mol. The van der Waals surface area contributed by atoms with Crippen LogP contribution < -0.4 is 10.6 Å². The molecule has 12 heteroatoms. The summed E-state index contributed by atoms with van der Waals surface area (Å²) in [6.45, 7) is 21.7. The summed E-state index contributed by atoms with van der Waals surface area (Å²) in [5.74, 6) is 2.41. The summed E-state index contributed by atoms with van der Waals surface area (Å²) in [5.41, 5.74) is 0.750. The van der Waals surface area contributed by atoms with E-state index in [1.54, 1.807) is 13.8 Å². The predicted octanol–water partition coefficient (Wildman–Crippen LogP) is 25.3. The fourth-order valence-electron chi connectivity index (χ4n) is 14.6. The van der Waals surface area contributed by atoms with E-state index in [2.05, 4.69) is 51.5 Å². The van der Waals surface area contributed by atoms with Crippen LogP contribution in [0.3, 0.4) is 0 Å². The third-order valence-corrected chi connectivity index (χ3v) is 21.0. The molecule has 0 aromatic carbocycles. The average Bonchev–Trinajstić information content (AvgIpc) is 1.01. The van der Waals surface area contributed by atoms with Gasteiger partial charge in [-0.1, -0.05) is 375 Å². The van der Waals surface area contributed by atoms with E-state index in [4.69, 9.17) is 18.9 Å². The van der Waals surface area contributed by atoms with E-state index in [0.717, 1.165) is 75.0 Å². The van der Waals surface area contributed by atoms with E-state index in [1.165, 1.54) is 308 Å². The van der Waals surface area contributed by atoms with Gasteiger partial charge >= 0.3 is 23.9 Å². The van der Waals surface area contributed by atoms with Gasteiger partial charge in [-0.15, -0.1) is 0 Å². The molecule has 0 fully saturated rings. The third-order valence-electron chi connectivity index (χ3n) is 21.0. The minimum absolute atomic E-state index is 0.103. The van der Waals surface area contributed by atoms with Crippen LogP contribution >= 0.6 is 0 Å². The molecule has 2 amide bonds. The lowest BCUT2D eigenvalue weighted by atomic mass is 9.78. The summed E-state index contributed by atoms with van der Waals surface area (Å²) in [5, 5.41) is 6.12. The zero-order chi connectivity index (χ0) is 73.3. The van der Waals surface area contributed by atoms with E-state index < -0.39 is 11.9 Å². The average molecular weight is 1410 g/mol. The van der Waals surface area contributed by atoms with Gasteiger partial charge in [0, 0.05) is 62.8 Å². The van der Waals surface area contributed by atoms with Crippen molar-refractivity contribution in [3.63, 3.8) is 0 Å². The summed E-state index contributed by atoms with van der Waals surface area (Å²) in [6.07, 6.45) is 74.8. The van der Waals surface area contributed by atoms with Crippen LogP contribution in [0.4, 0.5) is 0 Å². The quantitative estimate of drug-likeness (QED) is 0.0259. The van der Waals surface area contributed by atoms with E-state index in [1.807, 2.05) is 0 Å². The van der Waals surface area contributed by atoms with Crippen LogP contribution in [0.1, 0.15) is 440 Å². The molecular formula is C88H164N2O10. The Kier molecular flexibility index (Phi) is 72.2. The first-order chi connectivity index (χ1) is 48.8. The van der Waals surface area contributed by atoms with Crippen molar-refractivity contribution in [2.24, 2.45) is 23.7 Å². The van der Waals surface area contributed by atoms with Crippen LogP contribution in [0.15, 0.2) is 24.3 Å². The Bertz CT molecular complexity index is 1790. The molecule has 0 aliphatic rings. The number of carbonyl (C=O) groups is 6. The Hall–Kier alpha value is -3.70. The van der Waals surface area contributed by atoms with Gasteiger partial charge in [-0.25, -0.2) is 9.59 Å². The largest absolute Gasteiger partial charge is 0.466 e. The maximum Gasteiger partial charge on any atom is 0.333 e. The van der Waals surface area contributed by atoms with Crippen molar-refractivity contribution in [3.05, 3.63) is 24.3 Å². The highest BCUT2D eigenvalue weighted by atomic mass is 16.6. The second-order valence-electron chi connectivity index (χ2n) is 30.6. The van der Waals surface area contributed by atoms with Crippen molar-refractivity contribution < 1.29 is 47.7 Å². The number of hydrogen-bond donors (Lipinski definition) is 2. The SMILES string of the molecule is C=C(C)C(=O)OCCCOC(=O)CCCCCCCCC(CCCCCCCC)C(CCCCCCCC)CCCCCCCCC(=O)NCCNC(=O)CCCCCCCCC(CCCCCCCC)C(CCCCCCCC)CCCCCCCCC(=O)OCCCOC(=O)C(=C)C. The van der Waals surface area contributed by atoms with Crippen molar-refractivity contribution in [2.75, 3.05) is 39.5 Å². The van der Waals surface area contributed by atoms with Crippen LogP contribution in [0, 0.1) is 23.7 Å². The molecule has 12 nitrogen and oxygen atoms in total. The molecule has 4 atom stereocenters.